The zero-order valence-corrected chi connectivity index (χ0v) is 10.9. The summed E-state index contributed by atoms with van der Waals surface area (Å²) in [5.41, 5.74) is 1.25. The molecule has 0 saturated heterocycles. The van der Waals surface area contributed by atoms with Gasteiger partial charge in [-0.15, -0.1) is 0 Å². The van der Waals surface area contributed by atoms with Crippen LogP contribution in [0.25, 0.3) is 0 Å². The molecule has 1 rings (SSSR count). The molecule has 0 spiro atoms. The fourth-order valence-electron chi connectivity index (χ4n) is 1.22. The molecule has 72 valence electrons. The van der Waals surface area contributed by atoms with Crippen molar-refractivity contribution >= 4 is 29.2 Å². The van der Waals surface area contributed by atoms with Crippen LogP contribution in [-0.2, 0) is 0 Å². The Balaban J connectivity index is 3.15. The molecule has 0 atom stereocenters. The Kier molecular flexibility index (Phi) is 3.32. The van der Waals surface area contributed by atoms with Crippen molar-refractivity contribution in [3.8, 4) is 0 Å². The molecule has 1 N–H and O–H groups in total. The Morgan fingerprint density at radius 2 is 1.92 bits per heavy atom. The lowest BCUT2D eigenvalue weighted by Gasteiger charge is -2.20. The van der Waals surface area contributed by atoms with Gasteiger partial charge in [-0.3, -0.25) is 0 Å². The molecule has 0 unspecified atom stereocenters. The molecule has 0 aromatic heterocycles. The third-order valence-electron chi connectivity index (χ3n) is 2.22. The van der Waals surface area contributed by atoms with Gasteiger partial charge in [-0.1, -0.05) is 45.8 Å². The molecule has 0 aliphatic carbocycles. The standard InChI is InChI=1S/C10H15BrOSi/c1-8-4-9(11)6-10(5-8)13(2,3)7-12/h4-6,12H,7H2,1-3H3. The van der Waals surface area contributed by atoms with Crippen LogP contribution in [0.15, 0.2) is 22.7 Å². The highest BCUT2D eigenvalue weighted by atomic mass is 79.9. The van der Waals surface area contributed by atoms with E-state index in [1.165, 1.54) is 10.8 Å². The molecule has 0 amide bonds. The first kappa shape index (κ1) is 11.0. The Morgan fingerprint density at radius 3 is 2.38 bits per heavy atom. The van der Waals surface area contributed by atoms with Crippen LogP contribution < -0.4 is 5.19 Å². The van der Waals surface area contributed by atoms with Crippen molar-refractivity contribution in [1.29, 1.82) is 0 Å². The topological polar surface area (TPSA) is 20.2 Å². The van der Waals surface area contributed by atoms with E-state index in [0.717, 1.165) is 4.47 Å². The second-order valence-corrected chi connectivity index (χ2v) is 9.64. The molecule has 0 fully saturated rings. The minimum Gasteiger partial charge on any atom is -0.399 e. The van der Waals surface area contributed by atoms with Gasteiger partial charge < -0.3 is 5.11 Å². The van der Waals surface area contributed by atoms with Gasteiger partial charge in [0.25, 0.3) is 0 Å². The van der Waals surface area contributed by atoms with E-state index in [1.54, 1.807) is 0 Å². The number of hydrogen-bond donors (Lipinski definition) is 1. The van der Waals surface area contributed by atoms with E-state index in [4.69, 9.17) is 0 Å². The third-order valence-corrected chi connectivity index (χ3v) is 5.32. The lowest BCUT2D eigenvalue weighted by molar-refractivity contribution is 0.360. The molecule has 13 heavy (non-hydrogen) atoms. The number of hydrogen-bond acceptors (Lipinski definition) is 1. The molecule has 1 aromatic rings. The smallest absolute Gasteiger partial charge is 0.109 e. The maximum atomic E-state index is 9.28. The van der Waals surface area contributed by atoms with E-state index in [0.29, 0.717) is 6.23 Å². The highest BCUT2D eigenvalue weighted by Gasteiger charge is 2.22. The minimum absolute atomic E-state index is 0.308. The van der Waals surface area contributed by atoms with Gasteiger partial charge in [0.1, 0.15) is 8.07 Å². The number of benzene rings is 1. The van der Waals surface area contributed by atoms with Crippen LogP contribution in [-0.4, -0.2) is 19.4 Å². The Morgan fingerprint density at radius 1 is 1.31 bits per heavy atom. The maximum Gasteiger partial charge on any atom is 0.109 e. The first-order valence-electron chi connectivity index (χ1n) is 4.34. The summed E-state index contributed by atoms with van der Waals surface area (Å²) in [6.07, 6.45) is 0.308. The molecule has 0 radical (unpaired) electrons. The Bertz CT molecular complexity index is 290. The second-order valence-electron chi connectivity index (χ2n) is 4.06. The van der Waals surface area contributed by atoms with Gasteiger partial charge in [0.2, 0.25) is 0 Å². The molecule has 1 nitrogen and oxygen atoms in total. The molecule has 1 aromatic carbocycles. The number of rotatable bonds is 2. The summed E-state index contributed by atoms with van der Waals surface area (Å²) < 4.78 is 1.11. The van der Waals surface area contributed by atoms with Gasteiger partial charge in [-0.05, 0) is 19.1 Å². The molecular weight excluding hydrogens is 244 g/mol. The fourth-order valence-corrected chi connectivity index (χ4v) is 3.38. The quantitative estimate of drug-likeness (QED) is 0.807. The minimum atomic E-state index is -1.59. The molecule has 0 aliphatic heterocycles. The number of aliphatic hydroxyl groups excluding tert-OH is 1. The van der Waals surface area contributed by atoms with Gasteiger partial charge in [0, 0.05) is 10.7 Å². The zero-order valence-electron chi connectivity index (χ0n) is 8.26. The summed E-state index contributed by atoms with van der Waals surface area (Å²) in [4.78, 5) is 0. The van der Waals surface area contributed by atoms with E-state index >= 15 is 0 Å². The van der Waals surface area contributed by atoms with E-state index in [1.807, 2.05) is 0 Å². The van der Waals surface area contributed by atoms with Crippen LogP contribution in [0, 0.1) is 6.92 Å². The Labute approximate surface area is 88.9 Å². The molecule has 0 saturated carbocycles. The van der Waals surface area contributed by atoms with E-state index in [9.17, 15) is 5.11 Å². The number of aliphatic hydroxyl groups is 1. The van der Waals surface area contributed by atoms with Crippen LogP contribution >= 0.6 is 15.9 Å². The maximum absolute atomic E-state index is 9.28. The van der Waals surface area contributed by atoms with Gasteiger partial charge >= 0.3 is 0 Å². The Hall–Kier alpha value is -0.123. The average molecular weight is 259 g/mol. The molecule has 0 bridgehead atoms. The lowest BCUT2D eigenvalue weighted by atomic mass is 10.2. The summed E-state index contributed by atoms with van der Waals surface area (Å²) in [6, 6.07) is 6.38. The molecule has 0 heterocycles. The molecular formula is C10H15BrOSi. The fraction of sp³-hybridized carbons (Fsp3) is 0.400. The highest BCUT2D eigenvalue weighted by molar-refractivity contribution is 9.10. The summed E-state index contributed by atoms with van der Waals surface area (Å²) in [6.45, 7) is 6.43. The lowest BCUT2D eigenvalue weighted by Crippen LogP contribution is -2.45. The van der Waals surface area contributed by atoms with Gasteiger partial charge in [-0.25, -0.2) is 0 Å². The molecule has 0 aliphatic rings. The largest absolute Gasteiger partial charge is 0.399 e. The number of halogens is 1. The predicted molar refractivity (Wildman–Crippen MR) is 63.1 cm³/mol. The molecule has 3 heteroatoms. The third kappa shape index (κ3) is 2.66. The number of aryl methyl sites for hydroxylation is 1. The normalized spacial score (nSPS) is 11.8. The van der Waals surface area contributed by atoms with Crippen molar-refractivity contribution in [1.82, 2.24) is 0 Å². The van der Waals surface area contributed by atoms with Crippen LogP contribution in [0.1, 0.15) is 5.56 Å². The van der Waals surface area contributed by atoms with E-state index in [-0.39, 0.29) is 0 Å². The summed E-state index contributed by atoms with van der Waals surface area (Å²) in [7, 11) is -1.59. The van der Waals surface area contributed by atoms with Crippen molar-refractivity contribution in [2.24, 2.45) is 0 Å². The van der Waals surface area contributed by atoms with E-state index < -0.39 is 8.07 Å². The van der Waals surface area contributed by atoms with Gasteiger partial charge in [0.05, 0.1) is 0 Å². The van der Waals surface area contributed by atoms with Crippen molar-refractivity contribution in [2.75, 3.05) is 6.23 Å². The summed E-state index contributed by atoms with van der Waals surface area (Å²) in [5, 5.41) is 10.6. The monoisotopic (exact) mass is 258 g/mol. The highest BCUT2D eigenvalue weighted by Crippen LogP contribution is 2.13. The van der Waals surface area contributed by atoms with Crippen LogP contribution in [0.2, 0.25) is 13.1 Å². The summed E-state index contributed by atoms with van der Waals surface area (Å²) >= 11 is 3.48. The first-order chi connectivity index (χ1) is 5.95. The van der Waals surface area contributed by atoms with Crippen LogP contribution in [0.5, 0.6) is 0 Å². The van der Waals surface area contributed by atoms with Crippen LogP contribution in [0.3, 0.4) is 0 Å². The van der Waals surface area contributed by atoms with Gasteiger partial charge in [0.15, 0.2) is 0 Å². The van der Waals surface area contributed by atoms with E-state index in [2.05, 4.69) is 54.1 Å². The SMILES string of the molecule is Cc1cc(Br)cc([Si](C)(C)CO)c1. The van der Waals surface area contributed by atoms with Gasteiger partial charge in [-0.2, -0.15) is 0 Å². The zero-order chi connectivity index (χ0) is 10.1. The second kappa shape index (κ2) is 3.94. The van der Waals surface area contributed by atoms with Crippen molar-refractivity contribution in [3.63, 3.8) is 0 Å². The van der Waals surface area contributed by atoms with Crippen molar-refractivity contribution in [2.45, 2.75) is 20.0 Å². The summed E-state index contributed by atoms with van der Waals surface area (Å²) in [5.74, 6) is 0. The average Bonchev–Trinajstić information content (AvgIpc) is 2.02. The predicted octanol–water partition coefficient (Wildman–Crippen LogP) is 2.20. The van der Waals surface area contributed by atoms with Crippen LogP contribution in [0.4, 0.5) is 0 Å². The van der Waals surface area contributed by atoms with Crippen molar-refractivity contribution in [3.05, 3.63) is 28.2 Å². The first-order valence-corrected chi connectivity index (χ1v) is 8.34. The van der Waals surface area contributed by atoms with Crippen molar-refractivity contribution < 1.29 is 5.11 Å².